The van der Waals surface area contributed by atoms with Crippen LogP contribution in [0.1, 0.15) is 26.2 Å². The van der Waals surface area contributed by atoms with Crippen molar-refractivity contribution >= 4 is 34.8 Å². The molecule has 0 spiro atoms. The first-order valence-electron chi connectivity index (χ1n) is 7.12. The number of nitrogen functional groups attached to an aromatic ring is 1. The summed E-state index contributed by atoms with van der Waals surface area (Å²) >= 11 is 5.87. The Morgan fingerprint density at radius 3 is 2.95 bits per heavy atom. The van der Waals surface area contributed by atoms with Gasteiger partial charge in [0.25, 0.3) is 0 Å². The van der Waals surface area contributed by atoms with Gasteiger partial charge in [0.15, 0.2) is 0 Å². The number of nitrogens with zero attached hydrogens (tertiary/aromatic N) is 1. The van der Waals surface area contributed by atoms with Crippen molar-refractivity contribution < 1.29 is 9.59 Å². The van der Waals surface area contributed by atoms with Crippen LogP contribution in [0.2, 0.25) is 5.02 Å². The highest BCUT2D eigenvalue weighted by Gasteiger charge is 2.28. The van der Waals surface area contributed by atoms with Gasteiger partial charge < -0.3 is 16.0 Å². The van der Waals surface area contributed by atoms with Crippen molar-refractivity contribution in [2.75, 3.05) is 24.1 Å². The van der Waals surface area contributed by atoms with Gasteiger partial charge in [-0.2, -0.15) is 0 Å². The Bertz CT molecular complexity index is 548. The van der Waals surface area contributed by atoms with E-state index in [1.165, 1.54) is 0 Å². The van der Waals surface area contributed by atoms with E-state index in [4.69, 9.17) is 17.3 Å². The van der Waals surface area contributed by atoms with Crippen LogP contribution in [0, 0.1) is 5.92 Å². The monoisotopic (exact) mass is 309 g/mol. The fourth-order valence-electron chi connectivity index (χ4n) is 2.43. The van der Waals surface area contributed by atoms with Crippen LogP contribution >= 0.6 is 11.6 Å². The number of likely N-dealkylation sites (tertiary alicyclic amines) is 1. The molecule has 1 saturated heterocycles. The number of carbonyl (C=O) groups excluding carboxylic acids is 2. The second-order valence-corrected chi connectivity index (χ2v) is 5.78. The molecule has 0 radical (unpaired) electrons. The molecule has 5 nitrogen and oxygen atoms in total. The van der Waals surface area contributed by atoms with Gasteiger partial charge in [-0.15, -0.1) is 0 Å². The van der Waals surface area contributed by atoms with Gasteiger partial charge in [-0.25, -0.2) is 0 Å². The van der Waals surface area contributed by atoms with Gasteiger partial charge in [-0.05, 0) is 24.1 Å². The van der Waals surface area contributed by atoms with Gasteiger partial charge in [-0.3, -0.25) is 9.59 Å². The number of benzene rings is 1. The number of hydrogen-bond donors (Lipinski definition) is 2. The van der Waals surface area contributed by atoms with Crippen molar-refractivity contribution in [3.8, 4) is 0 Å². The molecule has 1 atom stereocenters. The third-order valence-corrected chi connectivity index (χ3v) is 4.01. The first-order valence-corrected chi connectivity index (χ1v) is 7.50. The van der Waals surface area contributed by atoms with E-state index in [1.807, 2.05) is 0 Å². The minimum Gasteiger partial charge on any atom is -0.397 e. The molecular weight excluding hydrogens is 290 g/mol. The lowest BCUT2D eigenvalue weighted by atomic mass is 10.1. The molecule has 0 aliphatic carbocycles. The molecule has 1 aliphatic heterocycles. The van der Waals surface area contributed by atoms with E-state index < -0.39 is 0 Å². The normalized spacial score (nSPS) is 18.1. The van der Waals surface area contributed by atoms with E-state index >= 15 is 0 Å². The summed E-state index contributed by atoms with van der Waals surface area (Å²) in [5.41, 5.74) is 6.75. The van der Waals surface area contributed by atoms with Crippen molar-refractivity contribution in [1.29, 1.82) is 0 Å². The molecule has 1 heterocycles. The summed E-state index contributed by atoms with van der Waals surface area (Å²) in [7, 11) is 0. The van der Waals surface area contributed by atoms with E-state index in [1.54, 1.807) is 23.1 Å². The number of nitrogens with one attached hydrogen (secondary N) is 1. The summed E-state index contributed by atoms with van der Waals surface area (Å²) in [5.74, 6) is 0.387. The van der Waals surface area contributed by atoms with Gasteiger partial charge in [0.2, 0.25) is 11.8 Å². The number of hydrogen-bond acceptors (Lipinski definition) is 3. The van der Waals surface area contributed by atoms with Gasteiger partial charge in [-0.1, -0.05) is 24.9 Å². The molecule has 3 N–H and O–H groups in total. The molecule has 1 unspecified atom stereocenters. The van der Waals surface area contributed by atoms with Crippen LogP contribution in [-0.2, 0) is 9.59 Å². The second-order valence-electron chi connectivity index (χ2n) is 5.35. The summed E-state index contributed by atoms with van der Waals surface area (Å²) in [5, 5.41) is 3.24. The standard InChI is InChI=1S/C15H20ClN3O2/c1-2-10-7-15(21)19(9-10)6-5-14(20)18-13-8-11(16)3-4-12(13)17/h3-4,8,10H,2,5-7,9,17H2,1H3,(H,18,20). The van der Waals surface area contributed by atoms with Crippen molar-refractivity contribution in [3.05, 3.63) is 23.2 Å². The molecule has 1 aromatic carbocycles. The highest BCUT2D eigenvalue weighted by Crippen LogP contribution is 2.23. The minimum absolute atomic E-state index is 0.136. The number of amides is 2. The largest absolute Gasteiger partial charge is 0.397 e. The van der Waals surface area contributed by atoms with E-state index in [0.717, 1.165) is 13.0 Å². The summed E-state index contributed by atoms with van der Waals surface area (Å²) < 4.78 is 0. The Kier molecular flexibility index (Phi) is 5.07. The quantitative estimate of drug-likeness (QED) is 0.821. The maximum atomic E-state index is 11.9. The number of rotatable bonds is 5. The fourth-order valence-corrected chi connectivity index (χ4v) is 2.60. The molecule has 2 amide bonds. The van der Waals surface area contributed by atoms with E-state index in [-0.39, 0.29) is 18.2 Å². The molecule has 0 bridgehead atoms. The molecule has 0 saturated carbocycles. The van der Waals surface area contributed by atoms with Crippen molar-refractivity contribution in [1.82, 2.24) is 4.90 Å². The Labute approximate surface area is 129 Å². The molecule has 6 heteroatoms. The number of carbonyl (C=O) groups is 2. The van der Waals surface area contributed by atoms with Crippen LogP contribution in [0.5, 0.6) is 0 Å². The second kappa shape index (κ2) is 6.80. The highest BCUT2D eigenvalue weighted by atomic mass is 35.5. The maximum Gasteiger partial charge on any atom is 0.226 e. The summed E-state index contributed by atoms with van der Waals surface area (Å²) in [6, 6.07) is 4.93. The van der Waals surface area contributed by atoms with Crippen LogP contribution in [0.3, 0.4) is 0 Å². The minimum atomic E-state index is -0.170. The summed E-state index contributed by atoms with van der Waals surface area (Å²) in [6.45, 7) is 3.28. The summed E-state index contributed by atoms with van der Waals surface area (Å²) in [4.78, 5) is 25.5. The first-order chi connectivity index (χ1) is 9.99. The predicted molar refractivity (Wildman–Crippen MR) is 84.1 cm³/mol. The first kappa shape index (κ1) is 15.6. The lowest BCUT2D eigenvalue weighted by Crippen LogP contribution is -2.29. The van der Waals surface area contributed by atoms with Gasteiger partial charge in [0.05, 0.1) is 11.4 Å². The average Bonchev–Trinajstić information content (AvgIpc) is 2.81. The fraction of sp³-hybridized carbons (Fsp3) is 0.467. The average molecular weight is 310 g/mol. The highest BCUT2D eigenvalue weighted by molar-refractivity contribution is 6.31. The smallest absolute Gasteiger partial charge is 0.226 e. The molecule has 1 fully saturated rings. The zero-order valence-electron chi connectivity index (χ0n) is 12.1. The SMILES string of the molecule is CCC1CC(=O)N(CCC(=O)Nc2cc(Cl)ccc2N)C1. The van der Waals surface area contributed by atoms with E-state index in [9.17, 15) is 9.59 Å². The van der Waals surface area contributed by atoms with Gasteiger partial charge in [0.1, 0.15) is 0 Å². The Hall–Kier alpha value is -1.75. The Balaban J connectivity index is 1.85. The molecule has 0 aromatic heterocycles. The zero-order valence-corrected chi connectivity index (χ0v) is 12.8. The Morgan fingerprint density at radius 2 is 2.29 bits per heavy atom. The number of anilines is 2. The van der Waals surface area contributed by atoms with E-state index in [0.29, 0.717) is 35.3 Å². The molecule has 21 heavy (non-hydrogen) atoms. The molecule has 1 aromatic rings. The van der Waals surface area contributed by atoms with Crippen molar-refractivity contribution in [2.45, 2.75) is 26.2 Å². The maximum absolute atomic E-state index is 11.9. The van der Waals surface area contributed by atoms with Gasteiger partial charge >= 0.3 is 0 Å². The van der Waals surface area contributed by atoms with Crippen LogP contribution in [0.25, 0.3) is 0 Å². The van der Waals surface area contributed by atoms with Crippen LogP contribution in [0.15, 0.2) is 18.2 Å². The molecule has 114 valence electrons. The summed E-state index contributed by atoms with van der Waals surface area (Å²) in [6.07, 6.45) is 1.85. The third kappa shape index (κ3) is 4.11. The topological polar surface area (TPSA) is 75.4 Å². The predicted octanol–water partition coefficient (Wildman–Crippen LogP) is 2.51. The number of nitrogens with two attached hydrogens (primary N) is 1. The van der Waals surface area contributed by atoms with E-state index in [2.05, 4.69) is 12.2 Å². The molecule has 1 aliphatic rings. The molecular formula is C15H20ClN3O2. The lowest BCUT2D eigenvalue weighted by molar-refractivity contribution is -0.128. The van der Waals surface area contributed by atoms with Crippen LogP contribution < -0.4 is 11.1 Å². The van der Waals surface area contributed by atoms with Crippen LogP contribution in [0.4, 0.5) is 11.4 Å². The zero-order chi connectivity index (χ0) is 15.4. The molecule has 2 rings (SSSR count). The van der Waals surface area contributed by atoms with Crippen molar-refractivity contribution in [3.63, 3.8) is 0 Å². The lowest BCUT2D eigenvalue weighted by Gasteiger charge is -2.16. The van der Waals surface area contributed by atoms with Crippen molar-refractivity contribution in [2.24, 2.45) is 5.92 Å². The third-order valence-electron chi connectivity index (χ3n) is 3.77. The Morgan fingerprint density at radius 1 is 1.52 bits per heavy atom. The number of halogens is 1. The van der Waals surface area contributed by atoms with Crippen LogP contribution in [-0.4, -0.2) is 29.8 Å². The van der Waals surface area contributed by atoms with Gasteiger partial charge in [0, 0.05) is 31.0 Å².